The monoisotopic (exact) mass is 140 g/mol. The van der Waals surface area contributed by atoms with Gasteiger partial charge >= 0.3 is 0 Å². The van der Waals surface area contributed by atoms with Gasteiger partial charge in [0.2, 0.25) is 0 Å². The van der Waals surface area contributed by atoms with E-state index in [1.807, 2.05) is 6.92 Å². The molecule has 3 unspecified atom stereocenters. The van der Waals surface area contributed by atoms with Crippen LogP contribution in [0.2, 0.25) is 0 Å². The van der Waals surface area contributed by atoms with Gasteiger partial charge < -0.3 is 9.84 Å². The third kappa shape index (κ3) is 0.487. The van der Waals surface area contributed by atoms with Gasteiger partial charge in [-0.3, -0.25) is 0 Å². The van der Waals surface area contributed by atoms with Crippen molar-refractivity contribution in [2.75, 3.05) is 6.61 Å². The molecule has 0 aromatic rings. The third-order valence-electron chi connectivity index (χ3n) is 2.78. The molecular formula is C8H12O2. The highest BCUT2D eigenvalue weighted by Crippen LogP contribution is 2.58. The van der Waals surface area contributed by atoms with Gasteiger partial charge in [-0.1, -0.05) is 6.92 Å². The molecule has 0 spiro atoms. The number of aliphatic hydroxyl groups is 1. The lowest BCUT2D eigenvalue weighted by Crippen LogP contribution is -2.19. The van der Waals surface area contributed by atoms with E-state index in [9.17, 15) is 0 Å². The Bertz CT molecular complexity index is 197. The van der Waals surface area contributed by atoms with Gasteiger partial charge in [-0.2, -0.15) is 0 Å². The number of aliphatic hydroxyl groups excluding tert-OH is 1. The van der Waals surface area contributed by atoms with Crippen LogP contribution in [-0.2, 0) is 4.74 Å². The largest absolute Gasteiger partial charge is 0.489 e. The molecule has 1 N–H and O–H groups in total. The molecule has 1 aliphatic heterocycles. The zero-order valence-corrected chi connectivity index (χ0v) is 6.29. The lowest BCUT2D eigenvalue weighted by molar-refractivity contribution is 0.0341. The molecule has 1 fully saturated rings. The number of rotatable bonds is 1. The van der Waals surface area contributed by atoms with Gasteiger partial charge in [-0.05, 0) is 13.0 Å². The van der Waals surface area contributed by atoms with Crippen molar-refractivity contribution in [3.63, 3.8) is 0 Å². The summed E-state index contributed by atoms with van der Waals surface area (Å²) in [5, 5.41) is 9.00. The molecular weight excluding hydrogens is 128 g/mol. The van der Waals surface area contributed by atoms with Crippen LogP contribution in [0.3, 0.4) is 0 Å². The van der Waals surface area contributed by atoms with Crippen molar-refractivity contribution in [1.82, 2.24) is 0 Å². The van der Waals surface area contributed by atoms with E-state index in [1.165, 1.54) is 0 Å². The smallest absolute Gasteiger partial charge is 0.141 e. The maximum absolute atomic E-state index is 9.00. The SMILES string of the molecule is CC1=CC2C(C)C2(CO)O1. The number of ether oxygens (including phenoxy) is 1. The summed E-state index contributed by atoms with van der Waals surface area (Å²) < 4.78 is 5.50. The van der Waals surface area contributed by atoms with Gasteiger partial charge in [0.1, 0.15) is 5.60 Å². The zero-order valence-electron chi connectivity index (χ0n) is 6.29. The highest BCUT2D eigenvalue weighted by atomic mass is 16.5. The number of allylic oxidation sites excluding steroid dienone is 1. The Morgan fingerprint density at radius 3 is 2.90 bits per heavy atom. The number of hydrogen-bond donors (Lipinski definition) is 1. The van der Waals surface area contributed by atoms with Gasteiger partial charge in [-0.25, -0.2) is 0 Å². The molecule has 0 aromatic carbocycles. The summed E-state index contributed by atoms with van der Waals surface area (Å²) in [5.74, 6) is 1.97. The standard InChI is InChI=1S/C8H12O2/c1-5-3-7-6(2)8(7,4-9)10-5/h3,6-7,9H,4H2,1-2H3. The topological polar surface area (TPSA) is 29.5 Å². The molecule has 2 nitrogen and oxygen atoms in total. The van der Waals surface area contributed by atoms with E-state index < -0.39 is 0 Å². The molecule has 2 aliphatic rings. The fourth-order valence-electron chi connectivity index (χ4n) is 1.95. The van der Waals surface area contributed by atoms with E-state index in [2.05, 4.69) is 13.0 Å². The number of fused-ring (bicyclic) bond motifs is 1. The lowest BCUT2D eigenvalue weighted by Gasteiger charge is -2.13. The van der Waals surface area contributed by atoms with Gasteiger partial charge in [-0.15, -0.1) is 0 Å². The van der Waals surface area contributed by atoms with Crippen molar-refractivity contribution < 1.29 is 9.84 Å². The molecule has 0 saturated heterocycles. The van der Waals surface area contributed by atoms with Crippen LogP contribution in [-0.4, -0.2) is 17.3 Å². The van der Waals surface area contributed by atoms with E-state index in [0.717, 1.165) is 5.76 Å². The molecule has 56 valence electrons. The molecule has 0 aromatic heterocycles. The van der Waals surface area contributed by atoms with Crippen molar-refractivity contribution in [3.8, 4) is 0 Å². The second kappa shape index (κ2) is 1.56. The summed E-state index contributed by atoms with van der Waals surface area (Å²) in [7, 11) is 0. The van der Waals surface area contributed by atoms with E-state index in [4.69, 9.17) is 9.84 Å². The first-order valence-electron chi connectivity index (χ1n) is 3.69. The van der Waals surface area contributed by atoms with Crippen molar-refractivity contribution in [2.24, 2.45) is 11.8 Å². The van der Waals surface area contributed by atoms with Crippen LogP contribution >= 0.6 is 0 Å². The Kier molecular flexibility index (Phi) is 0.972. The van der Waals surface area contributed by atoms with E-state index >= 15 is 0 Å². The summed E-state index contributed by atoms with van der Waals surface area (Å²) in [6.45, 7) is 4.22. The normalized spacial score (nSPS) is 49.7. The van der Waals surface area contributed by atoms with Crippen LogP contribution in [0.5, 0.6) is 0 Å². The van der Waals surface area contributed by atoms with Crippen LogP contribution in [0.15, 0.2) is 11.8 Å². The Labute approximate surface area is 60.5 Å². The fraction of sp³-hybridized carbons (Fsp3) is 0.750. The first kappa shape index (κ1) is 6.23. The number of hydrogen-bond acceptors (Lipinski definition) is 2. The highest BCUT2D eigenvalue weighted by Gasteiger charge is 2.66. The summed E-state index contributed by atoms with van der Waals surface area (Å²) in [6, 6.07) is 0. The van der Waals surface area contributed by atoms with Crippen LogP contribution in [0.25, 0.3) is 0 Å². The maximum Gasteiger partial charge on any atom is 0.141 e. The quantitative estimate of drug-likeness (QED) is 0.586. The molecule has 10 heavy (non-hydrogen) atoms. The van der Waals surface area contributed by atoms with Gasteiger partial charge in [0, 0.05) is 11.8 Å². The van der Waals surface area contributed by atoms with Crippen LogP contribution in [0.1, 0.15) is 13.8 Å². The van der Waals surface area contributed by atoms with Crippen molar-refractivity contribution in [3.05, 3.63) is 11.8 Å². The predicted octanol–water partition coefficient (Wildman–Crippen LogP) is 0.917. The average molecular weight is 140 g/mol. The average Bonchev–Trinajstić information content (AvgIpc) is 2.36. The molecule has 0 radical (unpaired) electrons. The van der Waals surface area contributed by atoms with E-state index in [1.54, 1.807) is 0 Å². The molecule has 2 heteroatoms. The molecule has 0 bridgehead atoms. The first-order chi connectivity index (χ1) is 4.70. The Balaban J connectivity index is 2.20. The Hall–Kier alpha value is -0.500. The van der Waals surface area contributed by atoms with Crippen LogP contribution in [0.4, 0.5) is 0 Å². The highest BCUT2D eigenvalue weighted by molar-refractivity contribution is 5.27. The summed E-state index contributed by atoms with van der Waals surface area (Å²) in [5.41, 5.74) is -0.204. The van der Waals surface area contributed by atoms with Crippen molar-refractivity contribution in [1.29, 1.82) is 0 Å². The maximum atomic E-state index is 9.00. The molecule has 1 aliphatic carbocycles. The second-order valence-electron chi connectivity index (χ2n) is 3.31. The minimum absolute atomic E-state index is 0.159. The summed E-state index contributed by atoms with van der Waals surface area (Å²) in [4.78, 5) is 0. The van der Waals surface area contributed by atoms with Crippen LogP contribution < -0.4 is 0 Å². The van der Waals surface area contributed by atoms with Crippen molar-refractivity contribution >= 4 is 0 Å². The minimum Gasteiger partial charge on any atom is -0.489 e. The van der Waals surface area contributed by atoms with Crippen molar-refractivity contribution in [2.45, 2.75) is 19.4 Å². The lowest BCUT2D eigenvalue weighted by atomic mass is 10.3. The fourth-order valence-corrected chi connectivity index (χ4v) is 1.95. The molecule has 3 atom stereocenters. The van der Waals surface area contributed by atoms with E-state index in [0.29, 0.717) is 11.8 Å². The van der Waals surface area contributed by atoms with Gasteiger partial charge in [0.15, 0.2) is 0 Å². The second-order valence-corrected chi connectivity index (χ2v) is 3.31. The van der Waals surface area contributed by atoms with Crippen LogP contribution in [0, 0.1) is 11.8 Å². The Morgan fingerprint density at radius 2 is 2.50 bits per heavy atom. The zero-order chi connectivity index (χ0) is 7.35. The molecule has 1 heterocycles. The molecule has 0 amide bonds. The third-order valence-corrected chi connectivity index (χ3v) is 2.78. The summed E-state index contributed by atoms with van der Waals surface area (Å²) >= 11 is 0. The first-order valence-corrected chi connectivity index (χ1v) is 3.69. The summed E-state index contributed by atoms with van der Waals surface area (Å²) in [6.07, 6.45) is 2.11. The predicted molar refractivity (Wildman–Crippen MR) is 37.3 cm³/mol. The van der Waals surface area contributed by atoms with E-state index in [-0.39, 0.29) is 12.2 Å². The van der Waals surface area contributed by atoms with Gasteiger partial charge in [0.25, 0.3) is 0 Å². The molecule has 2 rings (SSSR count). The molecule has 1 saturated carbocycles. The Morgan fingerprint density at radius 1 is 1.80 bits per heavy atom. The minimum atomic E-state index is -0.204. The van der Waals surface area contributed by atoms with Gasteiger partial charge in [0.05, 0.1) is 12.4 Å².